The van der Waals surface area contributed by atoms with Gasteiger partial charge in [-0.05, 0) is 94.0 Å². The fourth-order valence-electron chi connectivity index (χ4n) is 7.14. The van der Waals surface area contributed by atoms with Gasteiger partial charge in [-0.3, -0.25) is 9.35 Å². The zero-order chi connectivity index (χ0) is 39.0. The summed E-state index contributed by atoms with van der Waals surface area (Å²) in [6, 6.07) is 9.17. The summed E-state index contributed by atoms with van der Waals surface area (Å²) in [7, 11) is -9.00. The van der Waals surface area contributed by atoms with E-state index in [1.54, 1.807) is 12.1 Å². The lowest BCUT2D eigenvalue weighted by Crippen LogP contribution is -2.28. The molecule has 1 amide bonds. The summed E-state index contributed by atoms with van der Waals surface area (Å²) in [5.41, 5.74) is 12.4. The minimum atomic E-state index is -4.60. The quantitative estimate of drug-likeness (QED) is 0.0303. The number of nitrogens with one attached hydrogen (secondary N) is 1. The Labute approximate surface area is 313 Å². The van der Waals surface area contributed by atoms with E-state index < -0.39 is 31.1 Å². The largest absolute Gasteiger partial charge is 0.744 e. The first-order valence-corrected chi connectivity index (χ1v) is 20.8. The average molecular weight is 767 g/mol. The van der Waals surface area contributed by atoms with Gasteiger partial charge >= 0.3 is 0 Å². The fraction of sp³-hybridized carbons (Fsp3) is 0.474. The van der Waals surface area contributed by atoms with Gasteiger partial charge in [0.15, 0.2) is 5.71 Å². The van der Waals surface area contributed by atoms with Crippen LogP contribution in [0.2, 0.25) is 0 Å². The molecule has 0 saturated carbocycles. The lowest BCUT2D eigenvalue weighted by molar-refractivity contribution is -0.438. The summed E-state index contributed by atoms with van der Waals surface area (Å²) < 4.78 is 71.2. The van der Waals surface area contributed by atoms with Crippen molar-refractivity contribution in [2.45, 2.75) is 100 Å². The lowest BCUT2D eigenvalue weighted by Gasteiger charge is -2.25. The summed E-state index contributed by atoms with van der Waals surface area (Å²) in [4.78, 5) is 16.7. The zero-order valence-electron chi connectivity index (χ0n) is 31.1. The Balaban J connectivity index is 1.49. The van der Waals surface area contributed by atoms with E-state index in [0.29, 0.717) is 32.6 Å². The molecule has 0 fully saturated rings. The van der Waals surface area contributed by atoms with Crippen LogP contribution in [0.15, 0.2) is 87.4 Å². The van der Waals surface area contributed by atoms with E-state index in [2.05, 4.69) is 24.8 Å². The molecule has 0 aliphatic carbocycles. The van der Waals surface area contributed by atoms with Crippen LogP contribution in [0.5, 0.6) is 0 Å². The number of nitrogens with zero attached hydrogens (tertiary/aromatic N) is 5. The first-order valence-electron chi connectivity index (χ1n) is 17.9. The molecular weight excluding hydrogens is 717 g/mol. The second kappa shape index (κ2) is 17.3. The van der Waals surface area contributed by atoms with Gasteiger partial charge in [0.2, 0.25) is 11.6 Å². The van der Waals surface area contributed by atoms with Crippen LogP contribution in [-0.2, 0) is 35.9 Å². The van der Waals surface area contributed by atoms with Crippen LogP contribution in [0.4, 0.5) is 11.4 Å². The fourth-order valence-corrected chi connectivity index (χ4v) is 8.15. The number of azide groups is 1. The Hall–Kier alpha value is -4.27. The number of amides is 1. The molecule has 0 saturated heterocycles. The molecule has 2 aliphatic heterocycles. The number of carbonyl (C=O) groups is 1. The van der Waals surface area contributed by atoms with E-state index in [9.17, 15) is 30.7 Å². The summed E-state index contributed by atoms with van der Waals surface area (Å²) >= 11 is 0. The summed E-state index contributed by atoms with van der Waals surface area (Å²) in [6.45, 7) is 12.4. The highest BCUT2D eigenvalue weighted by molar-refractivity contribution is 7.86. The molecular formula is C38H50N6O7S2. The molecule has 0 unspecified atom stereocenters. The molecule has 0 spiro atoms. The van der Waals surface area contributed by atoms with Crippen LogP contribution in [0.25, 0.3) is 10.4 Å². The first-order chi connectivity index (χ1) is 24.9. The van der Waals surface area contributed by atoms with Crippen LogP contribution in [-0.4, -0.2) is 68.3 Å². The topological polar surface area (TPSA) is 196 Å². The van der Waals surface area contributed by atoms with Crippen molar-refractivity contribution >= 4 is 43.2 Å². The van der Waals surface area contributed by atoms with Gasteiger partial charge in [0.05, 0.1) is 15.2 Å². The van der Waals surface area contributed by atoms with Gasteiger partial charge in [-0.2, -0.15) is 13.0 Å². The number of benzene rings is 2. The van der Waals surface area contributed by atoms with E-state index in [4.69, 9.17) is 5.53 Å². The molecule has 53 heavy (non-hydrogen) atoms. The van der Waals surface area contributed by atoms with Gasteiger partial charge in [-0.15, -0.1) is 0 Å². The molecule has 2 aliphatic rings. The highest BCUT2D eigenvalue weighted by Crippen LogP contribution is 2.48. The third-order valence-corrected chi connectivity index (χ3v) is 11.6. The van der Waals surface area contributed by atoms with Crippen molar-refractivity contribution in [3.63, 3.8) is 0 Å². The van der Waals surface area contributed by atoms with Crippen molar-refractivity contribution < 1.29 is 35.3 Å². The predicted octanol–water partition coefficient (Wildman–Crippen LogP) is 7.18. The number of rotatable bonds is 18. The molecule has 0 aromatic heterocycles. The number of likely N-dealkylation sites (N-methyl/N-ethyl adjacent to an activating group) is 1. The van der Waals surface area contributed by atoms with Crippen LogP contribution in [0, 0.1) is 0 Å². The highest BCUT2D eigenvalue weighted by atomic mass is 32.2. The van der Waals surface area contributed by atoms with Crippen LogP contribution >= 0.6 is 0 Å². The van der Waals surface area contributed by atoms with E-state index in [0.717, 1.165) is 72.4 Å². The van der Waals surface area contributed by atoms with Crippen molar-refractivity contribution in [2.75, 3.05) is 31.1 Å². The van der Waals surface area contributed by atoms with E-state index in [1.165, 1.54) is 24.3 Å². The minimum absolute atomic E-state index is 0.00876. The second-order valence-corrected chi connectivity index (χ2v) is 17.1. The van der Waals surface area contributed by atoms with E-state index in [1.807, 2.05) is 65.0 Å². The molecule has 4 rings (SSSR count). The Morgan fingerprint density at radius 3 is 2.32 bits per heavy atom. The molecule has 15 heteroatoms. The first kappa shape index (κ1) is 41.5. The lowest BCUT2D eigenvalue weighted by atomic mass is 9.81. The van der Waals surface area contributed by atoms with Crippen LogP contribution in [0.3, 0.4) is 0 Å². The maximum Gasteiger partial charge on any atom is 0.294 e. The second-order valence-electron chi connectivity index (χ2n) is 14.3. The number of allylic oxidation sites excluding steroid dienone is 6. The van der Waals surface area contributed by atoms with Gasteiger partial charge in [-0.1, -0.05) is 43.6 Å². The van der Waals surface area contributed by atoms with Crippen molar-refractivity contribution in [3.8, 4) is 0 Å². The molecule has 2 N–H and O–H groups in total. The van der Waals surface area contributed by atoms with Gasteiger partial charge < -0.3 is 14.8 Å². The van der Waals surface area contributed by atoms with Gasteiger partial charge in [0, 0.05) is 71.9 Å². The number of fused-ring (bicyclic) bond motifs is 2. The van der Waals surface area contributed by atoms with Gasteiger partial charge in [0.1, 0.15) is 16.7 Å². The van der Waals surface area contributed by atoms with Crippen molar-refractivity contribution in [1.29, 1.82) is 0 Å². The number of carbonyl (C=O) groups excluding carboxylic acids is 1. The summed E-state index contributed by atoms with van der Waals surface area (Å²) in [5.74, 6) is 0.00876. The number of hydrogen-bond donors (Lipinski definition) is 2. The number of hydrogen-bond acceptors (Lipinski definition) is 8. The Morgan fingerprint density at radius 1 is 0.943 bits per heavy atom. The molecule has 286 valence electrons. The standard InChI is InChI=1S/C38H50N6O7S2/c1-6-43-32-21-19-28(52(46,47)48)26-30(32)37(2,3)34(43)16-10-7-11-17-35-38(4,5)31-27-29(53(49,50)51)20-22-33(31)44(35)25-15-8-12-18-36(45)40-23-13-9-14-24-41-42-39/h7,10-11,16-17,19-22,26-27H,6,8-9,12-15,18,23-25H2,1-5H3,(H2-,40,45,46,47,48,49,50,51). The number of unbranched alkanes of at least 4 members (excludes halogenated alkanes) is 4. The Kier molecular flexibility index (Phi) is 13.5. The molecule has 0 bridgehead atoms. The Morgan fingerprint density at radius 2 is 1.64 bits per heavy atom. The number of anilines is 1. The smallest absolute Gasteiger partial charge is 0.294 e. The molecule has 2 aromatic rings. The minimum Gasteiger partial charge on any atom is -0.744 e. The van der Waals surface area contributed by atoms with Crippen molar-refractivity contribution in [3.05, 3.63) is 94.0 Å². The molecule has 2 heterocycles. The van der Waals surface area contributed by atoms with Crippen LogP contribution in [0.1, 0.15) is 90.7 Å². The molecule has 0 atom stereocenters. The monoisotopic (exact) mass is 766 g/mol. The Bertz CT molecular complexity index is 2100. The molecule has 0 radical (unpaired) electrons. The van der Waals surface area contributed by atoms with Crippen LogP contribution < -0.4 is 10.2 Å². The van der Waals surface area contributed by atoms with Crippen molar-refractivity contribution in [1.82, 2.24) is 5.32 Å². The maximum absolute atomic E-state index is 12.3. The SMILES string of the molecule is CCN1\C(=C/C=C/C=C/C2=[N+](CCCCCC(=O)NCCCCCN=[N+]=[N-])c3ccc(S(=O)(=O)O)cc3C2(C)C)C(C)(C)c2cc(S(=O)(=O)[O-])ccc21. The molecule has 2 aromatic carbocycles. The average Bonchev–Trinajstić information content (AvgIpc) is 3.44. The van der Waals surface area contributed by atoms with E-state index in [-0.39, 0.29) is 15.7 Å². The summed E-state index contributed by atoms with van der Waals surface area (Å²) in [5, 5.41) is 6.46. The van der Waals surface area contributed by atoms with Crippen molar-refractivity contribution in [2.24, 2.45) is 5.11 Å². The maximum atomic E-state index is 12.3. The highest BCUT2D eigenvalue weighted by Gasteiger charge is 2.45. The normalized spacial score (nSPS) is 17.1. The molecule has 13 nitrogen and oxygen atoms in total. The van der Waals surface area contributed by atoms with E-state index >= 15 is 0 Å². The third-order valence-electron chi connectivity index (χ3n) is 9.97. The third kappa shape index (κ3) is 9.84. The van der Waals surface area contributed by atoms with Gasteiger partial charge in [-0.25, -0.2) is 8.42 Å². The zero-order valence-corrected chi connectivity index (χ0v) is 32.7. The predicted molar refractivity (Wildman–Crippen MR) is 205 cm³/mol. The van der Waals surface area contributed by atoms with Gasteiger partial charge in [0.25, 0.3) is 10.1 Å². The summed E-state index contributed by atoms with van der Waals surface area (Å²) in [6.07, 6.45) is 15.0.